The number of rotatable bonds is 7. The number of carboxylic acid groups (broad SMARTS) is 1. The van der Waals surface area contributed by atoms with Gasteiger partial charge in [0.1, 0.15) is 10.7 Å². The first-order valence-corrected chi connectivity index (χ1v) is 8.30. The van der Waals surface area contributed by atoms with E-state index in [9.17, 15) is 19.7 Å². The topological polar surface area (TPSA) is 122 Å². The van der Waals surface area contributed by atoms with E-state index >= 15 is 0 Å². The molecule has 0 aliphatic carbocycles. The lowest BCUT2D eigenvalue weighted by Gasteiger charge is -2.25. The first-order chi connectivity index (χ1) is 11.7. The van der Waals surface area contributed by atoms with Crippen molar-refractivity contribution in [3.8, 4) is 10.6 Å². The van der Waals surface area contributed by atoms with Crippen LogP contribution in [0.4, 0.5) is 5.69 Å². The van der Waals surface area contributed by atoms with Crippen LogP contribution in [0.15, 0.2) is 29.6 Å². The molecule has 0 unspecified atom stereocenters. The van der Waals surface area contributed by atoms with E-state index in [1.54, 1.807) is 31.4 Å². The van der Waals surface area contributed by atoms with Crippen molar-refractivity contribution >= 4 is 28.9 Å². The van der Waals surface area contributed by atoms with Crippen molar-refractivity contribution in [3.05, 3.63) is 45.5 Å². The van der Waals surface area contributed by atoms with Gasteiger partial charge in [0.2, 0.25) is 0 Å². The number of nitrogens with one attached hydrogen (secondary N) is 1. The molecule has 2 rings (SSSR count). The maximum atomic E-state index is 12.3. The van der Waals surface area contributed by atoms with Crippen LogP contribution in [0.2, 0.25) is 0 Å². The smallest absolute Gasteiger partial charge is 0.303 e. The summed E-state index contributed by atoms with van der Waals surface area (Å²) in [6.45, 7) is 3.49. The van der Waals surface area contributed by atoms with Crippen LogP contribution in [0.1, 0.15) is 37.2 Å². The van der Waals surface area contributed by atoms with Gasteiger partial charge < -0.3 is 10.4 Å². The summed E-state index contributed by atoms with van der Waals surface area (Å²) in [6, 6.07) is 5.92. The Morgan fingerprint density at radius 2 is 1.96 bits per heavy atom. The molecule has 0 atom stereocenters. The lowest BCUT2D eigenvalue weighted by atomic mass is 9.98. The molecule has 0 saturated heterocycles. The summed E-state index contributed by atoms with van der Waals surface area (Å²) >= 11 is 1.25. The Bertz CT molecular complexity index is 798. The number of carboxylic acids is 1. The van der Waals surface area contributed by atoms with Gasteiger partial charge in [-0.05, 0) is 32.4 Å². The Hall–Kier alpha value is -2.81. The third-order valence-electron chi connectivity index (χ3n) is 3.48. The number of carbonyl (C=O) groups is 2. The highest BCUT2D eigenvalue weighted by molar-refractivity contribution is 7.13. The monoisotopic (exact) mass is 363 g/mol. The molecule has 2 aromatic rings. The Kier molecular flexibility index (Phi) is 5.48. The standard InChI is InChI=1S/C16H17N3O5S/c1-16(2,8-7-13(20)21)18-14(22)12-9-25-15(17-12)10-3-5-11(6-4-10)19(23)24/h3-6,9H,7-8H2,1-2H3,(H,18,22)(H,20,21). The maximum absolute atomic E-state index is 12.3. The van der Waals surface area contributed by atoms with E-state index in [2.05, 4.69) is 10.3 Å². The molecule has 0 fully saturated rings. The lowest BCUT2D eigenvalue weighted by molar-refractivity contribution is -0.384. The Morgan fingerprint density at radius 1 is 1.32 bits per heavy atom. The molecule has 1 amide bonds. The fourth-order valence-electron chi connectivity index (χ4n) is 2.09. The van der Waals surface area contributed by atoms with Gasteiger partial charge in [0.25, 0.3) is 11.6 Å². The first kappa shape index (κ1) is 18.5. The number of aliphatic carboxylic acids is 1. The molecule has 0 spiro atoms. The number of nitro groups is 1. The quantitative estimate of drug-likeness (QED) is 0.576. The highest BCUT2D eigenvalue weighted by Crippen LogP contribution is 2.26. The molecule has 25 heavy (non-hydrogen) atoms. The second-order valence-electron chi connectivity index (χ2n) is 6.07. The second-order valence-corrected chi connectivity index (χ2v) is 6.93. The summed E-state index contributed by atoms with van der Waals surface area (Å²) in [5, 5.41) is 24.4. The van der Waals surface area contributed by atoms with Crippen LogP contribution in [0.25, 0.3) is 10.6 Å². The largest absolute Gasteiger partial charge is 0.481 e. The molecule has 8 nitrogen and oxygen atoms in total. The maximum Gasteiger partial charge on any atom is 0.303 e. The van der Waals surface area contributed by atoms with Gasteiger partial charge in [0.15, 0.2) is 0 Å². The Labute approximate surface area is 147 Å². The zero-order chi connectivity index (χ0) is 18.6. The van der Waals surface area contributed by atoms with E-state index in [-0.39, 0.29) is 23.7 Å². The van der Waals surface area contributed by atoms with Crippen LogP contribution < -0.4 is 5.32 Å². The molecule has 0 aliphatic heterocycles. The fourth-order valence-corrected chi connectivity index (χ4v) is 2.90. The Morgan fingerprint density at radius 3 is 2.52 bits per heavy atom. The second kappa shape index (κ2) is 7.39. The van der Waals surface area contributed by atoms with Gasteiger partial charge in [-0.3, -0.25) is 19.7 Å². The number of hydrogen-bond donors (Lipinski definition) is 2. The summed E-state index contributed by atoms with van der Waals surface area (Å²) in [5.74, 6) is -1.31. The molecular formula is C16H17N3O5S. The summed E-state index contributed by atoms with van der Waals surface area (Å²) < 4.78 is 0. The predicted octanol–water partition coefficient (Wildman–Crippen LogP) is 3.09. The number of thiazole rings is 1. The summed E-state index contributed by atoms with van der Waals surface area (Å²) in [7, 11) is 0. The number of aromatic nitrogens is 1. The molecule has 0 bridgehead atoms. The average Bonchev–Trinajstić information content (AvgIpc) is 3.03. The number of benzene rings is 1. The van der Waals surface area contributed by atoms with Crippen LogP contribution in [0.5, 0.6) is 0 Å². The van der Waals surface area contributed by atoms with Crippen LogP contribution >= 0.6 is 11.3 Å². The van der Waals surface area contributed by atoms with Crippen LogP contribution in [0.3, 0.4) is 0 Å². The molecule has 1 aromatic carbocycles. The minimum atomic E-state index is -0.920. The number of carbonyl (C=O) groups excluding carboxylic acids is 1. The van der Waals surface area contributed by atoms with Gasteiger partial charge in [0.05, 0.1) is 4.92 Å². The van der Waals surface area contributed by atoms with Gasteiger partial charge in [-0.15, -0.1) is 11.3 Å². The molecule has 1 heterocycles. The molecule has 0 saturated carbocycles. The van der Waals surface area contributed by atoms with Crippen molar-refractivity contribution in [1.82, 2.24) is 10.3 Å². The highest BCUT2D eigenvalue weighted by atomic mass is 32.1. The third-order valence-corrected chi connectivity index (χ3v) is 4.37. The SMILES string of the molecule is CC(C)(CCC(=O)O)NC(=O)c1csc(-c2ccc([N+](=O)[O-])cc2)n1. The first-order valence-electron chi connectivity index (χ1n) is 7.42. The van der Waals surface area contributed by atoms with Crippen LogP contribution in [-0.4, -0.2) is 32.4 Å². The lowest BCUT2D eigenvalue weighted by Crippen LogP contribution is -2.43. The number of nitrogens with zero attached hydrogens (tertiary/aromatic N) is 2. The number of amides is 1. The average molecular weight is 363 g/mol. The minimum Gasteiger partial charge on any atom is -0.481 e. The summed E-state index contributed by atoms with van der Waals surface area (Å²) in [5.41, 5.74) is 0.215. The van der Waals surface area contributed by atoms with Crippen molar-refractivity contribution < 1.29 is 19.6 Å². The minimum absolute atomic E-state index is 0.0153. The number of hydrogen-bond acceptors (Lipinski definition) is 6. The van der Waals surface area contributed by atoms with Crippen molar-refractivity contribution in [1.29, 1.82) is 0 Å². The van der Waals surface area contributed by atoms with E-state index < -0.39 is 16.4 Å². The molecule has 0 radical (unpaired) electrons. The van der Waals surface area contributed by atoms with E-state index in [0.29, 0.717) is 17.0 Å². The van der Waals surface area contributed by atoms with Gasteiger partial charge in [0, 0.05) is 35.0 Å². The van der Waals surface area contributed by atoms with E-state index in [1.165, 1.54) is 23.5 Å². The van der Waals surface area contributed by atoms with Gasteiger partial charge >= 0.3 is 5.97 Å². The fraction of sp³-hybridized carbons (Fsp3) is 0.312. The molecule has 0 aliphatic rings. The number of non-ortho nitro benzene ring substituents is 1. The van der Waals surface area contributed by atoms with Crippen molar-refractivity contribution in [2.75, 3.05) is 0 Å². The van der Waals surface area contributed by atoms with Gasteiger partial charge in [-0.2, -0.15) is 0 Å². The third kappa shape index (κ3) is 5.08. The van der Waals surface area contributed by atoms with E-state index in [4.69, 9.17) is 5.11 Å². The van der Waals surface area contributed by atoms with Crippen LogP contribution in [-0.2, 0) is 4.79 Å². The molecule has 132 valence electrons. The van der Waals surface area contributed by atoms with Crippen molar-refractivity contribution in [3.63, 3.8) is 0 Å². The molecule has 2 N–H and O–H groups in total. The summed E-state index contributed by atoms with van der Waals surface area (Å²) in [6.07, 6.45) is 0.256. The van der Waals surface area contributed by atoms with Crippen molar-refractivity contribution in [2.45, 2.75) is 32.2 Å². The van der Waals surface area contributed by atoms with Crippen LogP contribution in [0, 0.1) is 10.1 Å². The molecular weight excluding hydrogens is 346 g/mol. The van der Waals surface area contributed by atoms with E-state index in [1.807, 2.05) is 0 Å². The number of nitro benzene ring substituents is 1. The molecule has 1 aromatic heterocycles. The van der Waals surface area contributed by atoms with Crippen molar-refractivity contribution in [2.24, 2.45) is 0 Å². The zero-order valence-electron chi connectivity index (χ0n) is 13.7. The predicted molar refractivity (Wildman–Crippen MR) is 92.6 cm³/mol. The Balaban J connectivity index is 2.08. The normalized spacial score (nSPS) is 11.1. The van der Waals surface area contributed by atoms with Gasteiger partial charge in [-0.1, -0.05) is 0 Å². The van der Waals surface area contributed by atoms with E-state index in [0.717, 1.165) is 0 Å². The summed E-state index contributed by atoms with van der Waals surface area (Å²) in [4.78, 5) is 37.4. The zero-order valence-corrected chi connectivity index (χ0v) is 14.5. The van der Waals surface area contributed by atoms with Gasteiger partial charge in [-0.25, -0.2) is 4.98 Å². The highest BCUT2D eigenvalue weighted by Gasteiger charge is 2.23. The molecule has 9 heteroatoms.